The number of aromatic nitrogens is 1. The van der Waals surface area contributed by atoms with Crippen molar-refractivity contribution in [2.45, 2.75) is 13.0 Å². The summed E-state index contributed by atoms with van der Waals surface area (Å²) in [7, 11) is 0. The van der Waals surface area contributed by atoms with E-state index >= 15 is 0 Å². The largest absolute Gasteiger partial charge is 0.356 e. The van der Waals surface area contributed by atoms with Gasteiger partial charge in [-0.3, -0.25) is 4.90 Å². The van der Waals surface area contributed by atoms with Gasteiger partial charge in [0, 0.05) is 31.1 Å². The molecule has 0 bridgehead atoms. The van der Waals surface area contributed by atoms with E-state index in [0.717, 1.165) is 42.7 Å². The summed E-state index contributed by atoms with van der Waals surface area (Å²) in [5.41, 5.74) is 3.79. The Morgan fingerprint density at radius 2 is 2.00 bits per heavy atom. The fourth-order valence-electron chi connectivity index (χ4n) is 3.10. The molecule has 0 atom stereocenters. The van der Waals surface area contributed by atoms with Crippen molar-refractivity contribution in [1.29, 1.82) is 0 Å². The maximum atomic E-state index is 13.3. The van der Waals surface area contributed by atoms with E-state index in [0.29, 0.717) is 5.58 Å². The third-order valence-electron chi connectivity index (χ3n) is 4.22. The minimum atomic E-state index is -0.302. The van der Waals surface area contributed by atoms with E-state index in [2.05, 4.69) is 40.4 Å². The average molecular weight is 308 g/mol. The van der Waals surface area contributed by atoms with E-state index in [1.165, 1.54) is 17.7 Å². The van der Waals surface area contributed by atoms with Crippen LogP contribution in [0.1, 0.15) is 17.7 Å². The van der Waals surface area contributed by atoms with Crippen LogP contribution in [0.15, 0.2) is 59.1 Å². The fourth-order valence-corrected chi connectivity index (χ4v) is 3.10. The number of halogens is 1. The molecular formula is C19H17FN2O. The van der Waals surface area contributed by atoms with E-state index < -0.39 is 0 Å². The number of hydrogen-bond acceptors (Lipinski definition) is 3. The van der Waals surface area contributed by atoms with Gasteiger partial charge in [0.05, 0.1) is 0 Å². The third-order valence-corrected chi connectivity index (χ3v) is 4.22. The highest BCUT2D eigenvalue weighted by atomic mass is 19.1. The molecule has 0 N–H and O–H groups in total. The van der Waals surface area contributed by atoms with Crippen molar-refractivity contribution >= 4 is 16.5 Å². The highest BCUT2D eigenvalue weighted by Crippen LogP contribution is 2.28. The first-order chi connectivity index (χ1) is 11.3. The van der Waals surface area contributed by atoms with Crippen molar-refractivity contribution < 1.29 is 8.91 Å². The first-order valence-electron chi connectivity index (χ1n) is 7.80. The lowest BCUT2D eigenvalue weighted by molar-refractivity contribution is 0.296. The molecule has 3 aromatic rings. The molecule has 0 spiro atoms. The van der Waals surface area contributed by atoms with Gasteiger partial charge in [0.2, 0.25) is 0 Å². The first-order valence-corrected chi connectivity index (χ1v) is 7.80. The Kier molecular flexibility index (Phi) is 3.67. The van der Waals surface area contributed by atoms with Gasteiger partial charge in [0.25, 0.3) is 0 Å². The second-order valence-electron chi connectivity index (χ2n) is 5.89. The lowest BCUT2D eigenvalue weighted by Crippen LogP contribution is -2.29. The Bertz CT molecular complexity index is 854. The molecule has 0 unspecified atom stereocenters. The Balaban J connectivity index is 1.58. The van der Waals surface area contributed by atoms with Gasteiger partial charge >= 0.3 is 0 Å². The molecule has 0 radical (unpaired) electrons. The van der Waals surface area contributed by atoms with E-state index in [9.17, 15) is 4.39 Å². The molecule has 23 heavy (non-hydrogen) atoms. The van der Waals surface area contributed by atoms with Crippen molar-refractivity contribution in [3.63, 3.8) is 0 Å². The van der Waals surface area contributed by atoms with Crippen LogP contribution in [0.25, 0.3) is 16.5 Å². The Morgan fingerprint density at radius 1 is 1.13 bits per heavy atom. The molecule has 0 aliphatic carbocycles. The van der Waals surface area contributed by atoms with Gasteiger partial charge in [-0.1, -0.05) is 41.6 Å². The number of fused-ring (bicyclic) bond motifs is 1. The van der Waals surface area contributed by atoms with E-state index in [-0.39, 0.29) is 5.82 Å². The van der Waals surface area contributed by atoms with Gasteiger partial charge in [-0.05, 0) is 29.7 Å². The number of nitrogens with zero attached hydrogens (tertiary/aromatic N) is 2. The second kappa shape index (κ2) is 5.97. The molecule has 0 fully saturated rings. The third kappa shape index (κ3) is 2.90. The van der Waals surface area contributed by atoms with Crippen LogP contribution in [0.3, 0.4) is 0 Å². The summed E-state index contributed by atoms with van der Waals surface area (Å²) in [6.45, 7) is 2.78. The molecule has 4 rings (SSSR count). The van der Waals surface area contributed by atoms with Crippen LogP contribution in [-0.2, 0) is 6.54 Å². The second-order valence-corrected chi connectivity index (χ2v) is 5.89. The fraction of sp³-hybridized carbons (Fsp3) is 0.211. The van der Waals surface area contributed by atoms with Gasteiger partial charge in [-0.2, -0.15) is 0 Å². The van der Waals surface area contributed by atoms with Crippen LogP contribution >= 0.6 is 0 Å². The average Bonchev–Trinajstić information content (AvgIpc) is 2.99. The Hall–Kier alpha value is -2.46. The minimum Gasteiger partial charge on any atom is -0.356 e. The van der Waals surface area contributed by atoms with Gasteiger partial charge in [0.1, 0.15) is 11.5 Å². The molecule has 0 amide bonds. The summed E-state index contributed by atoms with van der Waals surface area (Å²) in [6, 6.07) is 15.0. The smallest absolute Gasteiger partial charge is 0.170 e. The van der Waals surface area contributed by atoms with Crippen LogP contribution in [0.5, 0.6) is 0 Å². The Morgan fingerprint density at radius 3 is 2.87 bits per heavy atom. The standard InChI is InChI=1S/C19H17FN2O/c20-16-8-9-17-18(11-16)23-21-19(17)15-7-4-10-22(13-15)12-14-5-2-1-3-6-14/h1-3,5-9,11H,4,10,12-13H2. The van der Waals surface area contributed by atoms with Crippen LogP contribution in [0, 0.1) is 5.82 Å². The molecule has 0 saturated carbocycles. The van der Waals surface area contributed by atoms with E-state index in [1.807, 2.05) is 6.07 Å². The summed E-state index contributed by atoms with van der Waals surface area (Å²) in [5, 5.41) is 5.04. The minimum absolute atomic E-state index is 0.302. The Labute approximate surface area is 134 Å². The van der Waals surface area contributed by atoms with Crippen molar-refractivity contribution in [3.8, 4) is 0 Å². The zero-order chi connectivity index (χ0) is 15.6. The molecule has 2 aromatic carbocycles. The molecule has 4 heteroatoms. The summed E-state index contributed by atoms with van der Waals surface area (Å²) >= 11 is 0. The quantitative estimate of drug-likeness (QED) is 0.724. The van der Waals surface area contributed by atoms with E-state index in [1.54, 1.807) is 6.07 Å². The molecule has 116 valence electrons. The number of rotatable bonds is 3. The summed E-state index contributed by atoms with van der Waals surface area (Å²) in [5.74, 6) is -0.302. The monoisotopic (exact) mass is 308 g/mol. The lowest BCUT2D eigenvalue weighted by Gasteiger charge is -2.26. The molecule has 1 aliphatic rings. The van der Waals surface area contributed by atoms with Crippen LogP contribution < -0.4 is 0 Å². The van der Waals surface area contributed by atoms with Crippen molar-refractivity contribution in [2.75, 3.05) is 13.1 Å². The first kappa shape index (κ1) is 14.2. The van der Waals surface area contributed by atoms with Crippen LogP contribution in [0.4, 0.5) is 4.39 Å². The van der Waals surface area contributed by atoms with Crippen LogP contribution in [0.2, 0.25) is 0 Å². The maximum absolute atomic E-state index is 13.3. The normalized spacial score (nSPS) is 15.8. The van der Waals surface area contributed by atoms with Gasteiger partial charge in [-0.25, -0.2) is 4.39 Å². The van der Waals surface area contributed by atoms with Crippen molar-refractivity contribution in [2.24, 2.45) is 0 Å². The molecule has 3 nitrogen and oxygen atoms in total. The highest BCUT2D eigenvalue weighted by Gasteiger charge is 2.19. The lowest BCUT2D eigenvalue weighted by atomic mass is 10.0. The van der Waals surface area contributed by atoms with Crippen molar-refractivity contribution in [3.05, 3.63) is 71.7 Å². The SMILES string of the molecule is Fc1ccc2c(C3=CCCN(Cc4ccccc4)C3)noc2c1. The van der Waals surface area contributed by atoms with Gasteiger partial charge in [-0.15, -0.1) is 0 Å². The topological polar surface area (TPSA) is 29.3 Å². The van der Waals surface area contributed by atoms with E-state index in [4.69, 9.17) is 4.52 Å². The predicted molar refractivity (Wildman–Crippen MR) is 88.3 cm³/mol. The maximum Gasteiger partial charge on any atom is 0.170 e. The van der Waals surface area contributed by atoms with Crippen molar-refractivity contribution in [1.82, 2.24) is 10.1 Å². The molecule has 1 aliphatic heterocycles. The van der Waals surface area contributed by atoms with Crippen LogP contribution in [-0.4, -0.2) is 23.1 Å². The predicted octanol–water partition coefficient (Wildman–Crippen LogP) is 4.26. The number of hydrogen-bond donors (Lipinski definition) is 0. The summed E-state index contributed by atoms with van der Waals surface area (Å²) in [4.78, 5) is 2.40. The highest BCUT2D eigenvalue weighted by molar-refractivity contribution is 5.89. The summed E-state index contributed by atoms with van der Waals surface area (Å²) in [6.07, 6.45) is 3.19. The van der Waals surface area contributed by atoms with Gasteiger partial charge < -0.3 is 4.52 Å². The van der Waals surface area contributed by atoms with Gasteiger partial charge in [0.15, 0.2) is 5.58 Å². The molecule has 2 heterocycles. The molecule has 0 saturated heterocycles. The zero-order valence-corrected chi connectivity index (χ0v) is 12.7. The molecule has 1 aromatic heterocycles. The zero-order valence-electron chi connectivity index (χ0n) is 12.7. The number of benzene rings is 2. The molecular weight excluding hydrogens is 291 g/mol. The summed E-state index contributed by atoms with van der Waals surface area (Å²) < 4.78 is 18.6.